The molecular weight excluding hydrogens is 324 g/mol. The maximum absolute atomic E-state index is 12.0. The van der Waals surface area contributed by atoms with Gasteiger partial charge in [-0.2, -0.15) is 0 Å². The molecular formula is C17H22N4O2S. The molecule has 7 heteroatoms. The summed E-state index contributed by atoms with van der Waals surface area (Å²) in [7, 11) is 0. The Labute approximate surface area is 145 Å². The van der Waals surface area contributed by atoms with Crippen LogP contribution in [0.2, 0.25) is 0 Å². The largest absolute Gasteiger partial charge is 0.338 e. The second-order valence-electron chi connectivity index (χ2n) is 6.00. The van der Waals surface area contributed by atoms with Crippen molar-refractivity contribution in [2.45, 2.75) is 25.7 Å². The number of thiazole rings is 1. The second kappa shape index (κ2) is 7.72. The number of carbonyl (C=O) groups excluding carboxylic acids is 2. The molecule has 1 aromatic carbocycles. The number of amides is 3. The fourth-order valence-corrected chi connectivity index (χ4v) is 4.13. The minimum absolute atomic E-state index is 0.249. The number of urea groups is 1. The van der Waals surface area contributed by atoms with E-state index in [0.29, 0.717) is 12.5 Å². The summed E-state index contributed by atoms with van der Waals surface area (Å²) in [6, 6.07) is 7.74. The van der Waals surface area contributed by atoms with Crippen LogP contribution in [0.5, 0.6) is 0 Å². The number of rotatable bonds is 4. The zero-order chi connectivity index (χ0) is 16.9. The van der Waals surface area contributed by atoms with Crippen LogP contribution in [0.1, 0.15) is 30.7 Å². The van der Waals surface area contributed by atoms with Crippen molar-refractivity contribution < 1.29 is 9.59 Å². The SMILES string of the molecule is CCNC(=O)NC(=O)CN1CCC[C@@H](c2nc3ccccc3s2)C1. The van der Waals surface area contributed by atoms with Crippen molar-refractivity contribution in [3.63, 3.8) is 0 Å². The summed E-state index contributed by atoms with van der Waals surface area (Å²) in [6.07, 6.45) is 2.13. The van der Waals surface area contributed by atoms with Crippen molar-refractivity contribution in [1.82, 2.24) is 20.5 Å². The number of fused-ring (bicyclic) bond motifs is 1. The molecule has 3 rings (SSSR count). The van der Waals surface area contributed by atoms with E-state index in [9.17, 15) is 9.59 Å². The zero-order valence-electron chi connectivity index (χ0n) is 13.7. The average Bonchev–Trinajstić information content (AvgIpc) is 2.99. The Morgan fingerprint density at radius 2 is 2.21 bits per heavy atom. The van der Waals surface area contributed by atoms with Crippen LogP contribution >= 0.6 is 11.3 Å². The lowest BCUT2D eigenvalue weighted by Gasteiger charge is -2.31. The van der Waals surface area contributed by atoms with Crippen LogP contribution in [0.25, 0.3) is 10.2 Å². The fraction of sp³-hybridized carbons (Fsp3) is 0.471. The van der Waals surface area contributed by atoms with Gasteiger partial charge in [0.1, 0.15) is 0 Å². The third kappa shape index (κ3) is 4.10. The Kier molecular flexibility index (Phi) is 5.42. The monoisotopic (exact) mass is 346 g/mol. The maximum Gasteiger partial charge on any atom is 0.321 e. The minimum Gasteiger partial charge on any atom is -0.338 e. The highest BCUT2D eigenvalue weighted by molar-refractivity contribution is 7.18. The van der Waals surface area contributed by atoms with Gasteiger partial charge in [-0.1, -0.05) is 12.1 Å². The molecule has 128 valence electrons. The van der Waals surface area contributed by atoms with E-state index in [4.69, 9.17) is 4.98 Å². The van der Waals surface area contributed by atoms with Crippen molar-refractivity contribution in [2.24, 2.45) is 0 Å². The quantitative estimate of drug-likeness (QED) is 0.891. The lowest BCUT2D eigenvalue weighted by Crippen LogP contribution is -2.46. The highest BCUT2D eigenvalue weighted by atomic mass is 32.1. The molecule has 2 aromatic rings. The Morgan fingerprint density at radius 3 is 3.00 bits per heavy atom. The topological polar surface area (TPSA) is 74.3 Å². The summed E-state index contributed by atoms with van der Waals surface area (Å²) in [5, 5.41) is 6.07. The predicted octanol–water partition coefficient (Wildman–Crippen LogP) is 2.32. The third-order valence-corrected chi connectivity index (χ3v) is 5.32. The van der Waals surface area contributed by atoms with Gasteiger partial charge in [-0.25, -0.2) is 9.78 Å². The summed E-state index contributed by atoms with van der Waals surface area (Å²) in [5.74, 6) is 0.0966. The van der Waals surface area contributed by atoms with E-state index in [0.717, 1.165) is 36.5 Å². The van der Waals surface area contributed by atoms with Gasteiger partial charge in [-0.3, -0.25) is 15.0 Å². The first-order valence-electron chi connectivity index (χ1n) is 8.31. The van der Waals surface area contributed by atoms with Gasteiger partial charge in [0.15, 0.2) is 0 Å². The number of imide groups is 1. The average molecular weight is 346 g/mol. The van der Waals surface area contributed by atoms with Crippen molar-refractivity contribution in [3.05, 3.63) is 29.3 Å². The van der Waals surface area contributed by atoms with Crippen LogP contribution in [0.4, 0.5) is 4.79 Å². The van der Waals surface area contributed by atoms with Crippen LogP contribution in [0.15, 0.2) is 24.3 Å². The first-order chi connectivity index (χ1) is 11.7. The van der Waals surface area contributed by atoms with Crippen LogP contribution < -0.4 is 10.6 Å². The highest BCUT2D eigenvalue weighted by Gasteiger charge is 2.25. The number of hydrogen-bond donors (Lipinski definition) is 2. The number of piperidine rings is 1. The number of para-hydroxylation sites is 1. The summed E-state index contributed by atoms with van der Waals surface area (Å²) < 4.78 is 1.21. The second-order valence-corrected chi connectivity index (χ2v) is 7.06. The number of carbonyl (C=O) groups is 2. The van der Waals surface area contributed by atoms with Crippen LogP contribution in [0.3, 0.4) is 0 Å². The molecule has 1 atom stereocenters. The van der Waals surface area contributed by atoms with Crippen molar-refractivity contribution in [3.8, 4) is 0 Å². The summed E-state index contributed by atoms with van der Waals surface area (Å²) in [6.45, 7) is 4.26. The molecule has 0 aliphatic carbocycles. The molecule has 2 heterocycles. The number of nitrogens with one attached hydrogen (secondary N) is 2. The van der Waals surface area contributed by atoms with Gasteiger partial charge in [0.2, 0.25) is 5.91 Å². The predicted molar refractivity (Wildman–Crippen MR) is 95.3 cm³/mol. The summed E-state index contributed by atoms with van der Waals surface area (Å²) in [4.78, 5) is 30.2. The number of likely N-dealkylation sites (tertiary alicyclic amines) is 1. The normalized spacial score (nSPS) is 18.5. The first-order valence-corrected chi connectivity index (χ1v) is 9.13. The molecule has 6 nitrogen and oxygen atoms in total. The van der Waals surface area contributed by atoms with E-state index < -0.39 is 6.03 Å². The van der Waals surface area contributed by atoms with Crippen LogP contribution in [-0.4, -0.2) is 48.0 Å². The smallest absolute Gasteiger partial charge is 0.321 e. The van der Waals surface area contributed by atoms with E-state index in [-0.39, 0.29) is 12.5 Å². The number of hydrogen-bond acceptors (Lipinski definition) is 5. The highest BCUT2D eigenvalue weighted by Crippen LogP contribution is 2.32. The van der Waals surface area contributed by atoms with Gasteiger partial charge in [-0.05, 0) is 38.4 Å². The molecule has 3 amide bonds. The molecule has 2 N–H and O–H groups in total. The number of aromatic nitrogens is 1. The number of benzene rings is 1. The van der Waals surface area contributed by atoms with Crippen LogP contribution in [-0.2, 0) is 4.79 Å². The number of nitrogens with zero attached hydrogens (tertiary/aromatic N) is 2. The van der Waals surface area contributed by atoms with Gasteiger partial charge in [0, 0.05) is 19.0 Å². The molecule has 1 fully saturated rings. The molecule has 0 spiro atoms. The molecule has 1 saturated heterocycles. The van der Waals surface area contributed by atoms with Gasteiger partial charge < -0.3 is 5.32 Å². The van der Waals surface area contributed by atoms with Gasteiger partial charge >= 0.3 is 6.03 Å². The Balaban J connectivity index is 1.59. The Hall–Kier alpha value is -1.99. The van der Waals surface area contributed by atoms with Crippen molar-refractivity contribution in [2.75, 3.05) is 26.2 Å². The lowest BCUT2D eigenvalue weighted by molar-refractivity contribution is -0.121. The van der Waals surface area contributed by atoms with E-state index in [1.54, 1.807) is 11.3 Å². The maximum atomic E-state index is 12.0. The first kappa shape index (κ1) is 16.9. The van der Waals surface area contributed by atoms with Gasteiger partial charge in [-0.15, -0.1) is 11.3 Å². The minimum atomic E-state index is -0.428. The van der Waals surface area contributed by atoms with Gasteiger partial charge in [0.05, 0.1) is 21.8 Å². The van der Waals surface area contributed by atoms with E-state index >= 15 is 0 Å². The summed E-state index contributed by atoms with van der Waals surface area (Å²) >= 11 is 1.74. The fourth-order valence-electron chi connectivity index (χ4n) is 3.04. The molecule has 1 aliphatic heterocycles. The molecule has 0 saturated carbocycles. The van der Waals surface area contributed by atoms with E-state index in [1.807, 2.05) is 25.1 Å². The van der Waals surface area contributed by atoms with E-state index in [1.165, 1.54) is 4.70 Å². The Morgan fingerprint density at radius 1 is 1.38 bits per heavy atom. The summed E-state index contributed by atoms with van der Waals surface area (Å²) in [5.41, 5.74) is 1.05. The van der Waals surface area contributed by atoms with E-state index in [2.05, 4.69) is 21.6 Å². The van der Waals surface area contributed by atoms with Crippen LogP contribution in [0, 0.1) is 0 Å². The molecule has 1 aliphatic rings. The molecule has 24 heavy (non-hydrogen) atoms. The Bertz CT molecular complexity index is 697. The zero-order valence-corrected chi connectivity index (χ0v) is 14.6. The standard InChI is InChI=1S/C17H22N4O2S/c1-2-18-17(23)20-15(22)11-21-9-5-6-12(10-21)16-19-13-7-3-4-8-14(13)24-16/h3-4,7-8,12H,2,5-6,9-11H2,1H3,(H2,18,20,22,23)/t12-/m1/s1. The molecule has 0 unspecified atom stereocenters. The third-order valence-electron chi connectivity index (χ3n) is 4.12. The van der Waals surface area contributed by atoms with Gasteiger partial charge in [0.25, 0.3) is 0 Å². The van der Waals surface area contributed by atoms with Crippen molar-refractivity contribution >= 4 is 33.5 Å². The van der Waals surface area contributed by atoms with Crippen molar-refractivity contribution in [1.29, 1.82) is 0 Å². The molecule has 1 aromatic heterocycles. The molecule has 0 radical (unpaired) electrons. The lowest BCUT2D eigenvalue weighted by atomic mass is 9.99. The molecule has 0 bridgehead atoms.